The van der Waals surface area contributed by atoms with Gasteiger partial charge in [0.1, 0.15) is 5.75 Å². The normalized spacial score (nSPS) is 15.7. The molecule has 1 fully saturated rings. The van der Waals surface area contributed by atoms with E-state index in [9.17, 15) is 4.79 Å². The highest BCUT2D eigenvalue weighted by molar-refractivity contribution is 9.10. The highest BCUT2D eigenvalue weighted by atomic mass is 79.9. The molecule has 0 bridgehead atoms. The summed E-state index contributed by atoms with van der Waals surface area (Å²) in [6, 6.07) is 7.64. The van der Waals surface area contributed by atoms with Crippen molar-refractivity contribution in [3.8, 4) is 5.75 Å². The molecule has 2 N–H and O–H groups in total. The van der Waals surface area contributed by atoms with Gasteiger partial charge in [0.25, 0.3) is 0 Å². The number of benzene rings is 1. The lowest BCUT2D eigenvalue weighted by Crippen LogP contribution is -2.46. The van der Waals surface area contributed by atoms with Crippen LogP contribution in [0.25, 0.3) is 0 Å². The van der Waals surface area contributed by atoms with Crippen molar-refractivity contribution >= 4 is 21.8 Å². The second kappa shape index (κ2) is 9.02. The molecule has 6 heteroatoms. The molecule has 116 valence electrons. The number of ether oxygens (including phenoxy) is 1. The minimum absolute atomic E-state index is 0.0391. The van der Waals surface area contributed by atoms with Gasteiger partial charge in [-0.3, -0.25) is 9.69 Å². The summed E-state index contributed by atoms with van der Waals surface area (Å²) in [5.41, 5.74) is 0. The highest BCUT2D eigenvalue weighted by Gasteiger charge is 2.09. The second-order valence-electron chi connectivity index (χ2n) is 4.97. The van der Waals surface area contributed by atoms with Gasteiger partial charge in [-0.25, -0.2) is 0 Å². The number of hydrogen-bond donors (Lipinski definition) is 2. The van der Waals surface area contributed by atoms with Crippen LogP contribution in [0.5, 0.6) is 5.75 Å². The van der Waals surface area contributed by atoms with Crippen molar-refractivity contribution in [2.45, 2.75) is 6.42 Å². The molecule has 0 radical (unpaired) electrons. The third-order valence-electron chi connectivity index (χ3n) is 3.38. The number of nitrogens with one attached hydrogen (secondary N) is 2. The van der Waals surface area contributed by atoms with Gasteiger partial charge in [-0.05, 0) is 28.1 Å². The monoisotopic (exact) mass is 355 g/mol. The molecule has 0 atom stereocenters. The van der Waals surface area contributed by atoms with Crippen molar-refractivity contribution in [1.82, 2.24) is 15.5 Å². The molecule has 5 nitrogen and oxygen atoms in total. The summed E-state index contributed by atoms with van der Waals surface area (Å²) >= 11 is 3.41. The number of carbonyl (C=O) groups excluding carboxylic acids is 1. The van der Waals surface area contributed by atoms with E-state index in [-0.39, 0.29) is 5.91 Å². The van der Waals surface area contributed by atoms with Crippen LogP contribution in [-0.2, 0) is 4.79 Å². The molecular weight excluding hydrogens is 334 g/mol. The lowest BCUT2D eigenvalue weighted by molar-refractivity contribution is -0.121. The van der Waals surface area contributed by atoms with Crippen LogP contribution in [-0.4, -0.2) is 56.7 Å². The Morgan fingerprint density at radius 3 is 2.86 bits per heavy atom. The quantitative estimate of drug-likeness (QED) is 0.772. The maximum Gasteiger partial charge on any atom is 0.223 e. The number of amides is 1. The number of rotatable bonds is 7. The third kappa shape index (κ3) is 6.03. The Labute approximate surface area is 134 Å². The Balaban J connectivity index is 1.56. The Morgan fingerprint density at radius 1 is 1.33 bits per heavy atom. The van der Waals surface area contributed by atoms with Gasteiger partial charge in [0, 0.05) is 39.3 Å². The average molecular weight is 356 g/mol. The van der Waals surface area contributed by atoms with E-state index >= 15 is 0 Å². The highest BCUT2D eigenvalue weighted by Crippen LogP contribution is 2.23. The molecule has 1 aliphatic heterocycles. The second-order valence-corrected chi connectivity index (χ2v) is 5.82. The van der Waals surface area contributed by atoms with Crippen LogP contribution in [0.4, 0.5) is 0 Å². The SMILES string of the molecule is O=C(CCOc1ccccc1Br)NCCN1CCNCC1. The molecule has 0 saturated carbocycles. The zero-order valence-electron chi connectivity index (χ0n) is 12.1. The van der Waals surface area contributed by atoms with E-state index in [1.54, 1.807) is 0 Å². The smallest absolute Gasteiger partial charge is 0.223 e. The Morgan fingerprint density at radius 2 is 2.10 bits per heavy atom. The minimum atomic E-state index is 0.0391. The average Bonchev–Trinajstić information content (AvgIpc) is 2.50. The molecule has 0 aromatic heterocycles. The van der Waals surface area contributed by atoms with Crippen molar-refractivity contribution in [3.05, 3.63) is 28.7 Å². The zero-order chi connectivity index (χ0) is 14.9. The summed E-state index contributed by atoms with van der Waals surface area (Å²) < 4.78 is 6.48. The van der Waals surface area contributed by atoms with Crippen LogP contribution >= 0.6 is 15.9 Å². The first-order valence-electron chi connectivity index (χ1n) is 7.33. The molecule has 0 aliphatic carbocycles. The fourth-order valence-electron chi connectivity index (χ4n) is 2.19. The molecule has 21 heavy (non-hydrogen) atoms. The fraction of sp³-hybridized carbons (Fsp3) is 0.533. The Bertz CT molecular complexity index is 450. The molecule has 1 aromatic carbocycles. The minimum Gasteiger partial charge on any atom is -0.492 e. The van der Waals surface area contributed by atoms with Crippen LogP contribution in [0.3, 0.4) is 0 Å². The van der Waals surface area contributed by atoms with E-state index in [0.29, 0.717) is 19.6 Å². The van der Waals surface area contributed by atoms with E-state index in [2.05, 4.69) is 31.5 Å². The lowest BCUT2D eigenvalue weighted by Gasteiger charge is -2.27. The predicted octanol–water partition coefficient (Wildman–Crippen LogP) is 1.24. The van der Waals surface area contributed by atoms with E-state index in [0.717, 1.165) is 42.9 Å². The zero-order valence-corrected chi connectivity index (χ0v) is 13.7. The lowest BCUT2D eigenvalue weighted by atomic mass is 10.3. The first kappa shape index (κ1) is 16.3. The molecule has 1 amide bonds. The standard InChI is InChI=1S/C15H22BrN3O2/c16-13-3-1-2-4-14(13)21-12-5-15(20)18-8-11-19-9-6-17-7-10-19/h1-4,17H,5-12H2,(H,18,20). The molecule has 1 saturated heterocycles. The van der Waals surface area contributed by atoms with Gasteiger partial charge in [0.2, 0.25) is 5.91 Å². The maximum atomic E-state index is 11.7. The number of carbonyl (C=O) groups is 1. The van der Waals surface area contributed by atoms with Gasteiger partial charge in [-0.15, -0.1) is 0 Å². The van der Waals surface area contributed by atoms with Crippen LogP contribution in [0.1, 0.15) is 6.42 Å². The number of piperazine rings is 1. The topological polar surface area (TPSA) is 53.6 Å². The van der Waals surface area contributed by atoms with Crippen molar-refractivity contribution in [2.24, 2.45) is 0 Å². The van der Waals surface area contributed by atoms with Crippen LogP contribution in [0.15, 0.2) is 28.7 Å². The Kier molecular flexibility index (Phi) is 6.99. The summed E-state index contributed by atoms with van der Waals surface area (Å²) in [6.45, 7) is 6.19. The molecule has 0 spiro atoms. The largest absolute Gasteiger partial charge is 0.492 e. The maximum absolute atomic E-state index is 11.7. The molecular formula is C15H22BrN3O2. The summed E-state index contributed by atoms with van der Waals surface area (Å²) in [4.78, 5) is 14.1. The first-order valence-corrected chi connectivity index (χ1v) is 8.12. The first-order chi connectivity index (χ1) is 10.3. The van der Waals surface area contributed by atoms with Crippen LogP contribution in [0.2, 0.25) is 0 Å². The van der Waals surface area contributed by atoms with Gasteiger partial charge < -0.3 is 15.4 Å². The van der Waals surface area contributed by atoms with Gasteiger partial charge in [0.05, 0.1) is 17.5 Å². The van der Waals surface area contributed by atoms with E-state index in [1.807, 2.05) is 24.3 Å². The molecule has 1 aliphatic rings. The van der Waals surface area contributed by atoms with E-state index in [4.69, 9.17) is 4.74 Å². The van der Waals surface area contributed by atoms with Crippen LogP contribution in [0, 0.1) is 0 Å². The number of halogens is 1. The van der Waals surface area contributed by atoms with E-state index in [1.165, 1.54) is 0 Å². The van der Waals surface area contributed by atoms with Gasteiger partial charge in [-0.2, -0.15) is 0 Å². The van der Waals surface area contributed by atoms with E-state index < -0.39 is 0 Å². The Hall–Kier alpha value is -1.11. The van der Waals surface area contributed by atoms with Crippen molar-refractivity contribution in [2.75, 3.05) is 45.9 Å². The molecule has 1 aromatic rings. The number of para-hydroxylation sites is 1. The van der Waals surface area contributed by atoms with Gasteiger partial charge >= 0.3 is 0 Å². The molecule has 2 rings (SSSR count). The van der Waals surface area contributed by atoms with Crippen molar-refractivity contribution in [3.63, 3.8) is 0 Å². The predicted molar refractivity (Wildman–Crippen MR) is 86.6 cm³/mol. The van der Waals surface area contributed by atoms with Crippen LogP contribution < -0.4 is 15.4 Å². The summed E-state index contributed by atoms with van der Waals surface area (Å²) in [5, 5.41) is 6.25. The molecule has 1 heterocycles. The summed E-state index contributed by atoms with van der Waals surface area (Å²) in [7, 11) is 0. The van der Waals surface area contributed by atoms with Crippen molar-refractivity contribution < 1.29 is 9.53 Å². The van der Waals surface area contributed by atoms with Gasteiger partial charge in [-0.1, -0.05) is 12.1 Å². The molecule has 0 unspecified atom stereocenters. The summed E-state index contributed by atoms with van der Waals surface area (Å²) in [6.07, 6.45) is 0.378. The number of nitrogens with zero attached hydrogens (tertiary/aromatic N) is 1. The van der Waals surface area contributed by atoms with Gasteiger partial charge in [0.15, 0.2) is 0 Å². The number of hydrogen-bond acceptors (Lipinski definition) is 4. The summed E-state index contributed by atoms with van der Waals surface area (Å²) in [5.74, 6) is 0.809. The fourth-order valence-corrected chi connectivity index (χ4v) is 2.59. The third-order valence-corrected chi connectivity index (χ3v) is 4.04. The van der Waals surface area contributed by atoms with Crippen molar-refractivity contribution in [1.29, 1.82) is 0 Å².